The maximum Gasteiger partial charge on any atom is 0.123 e. The summed E-state index contributed by atoms with van der Waals surface area (Å²) in [6, 6.07) is 8.80. The third-order valence-corrected chi connectivity index (χ3v) is 4.24. The van der Waals surface area contributed by atoms with E-state index in [0.29, 0.717) is 6.10 Å². The third-order valence-electron chi connectivity index (χ3n) is 3.22. The molecule has 0 aliphatic carbocycles. The van der Waals surface area contributed by atoms with Crippen molar-refractivity contribution in [1.82, 2.24) is 5.32 Å². The SMILES string of the molecule is CNCc1csc(-c2ccc3c(c2)CC(C)O3)c1. The van der Waals surface area contributed by atoms with Gasteiger partial charge in [-0.05, 0) is 60.3 Å². The Balaban J connectivity index is 1.90. The molecule has 18 heavy (non-hydrogen) atoms. The van der Waals surface area contributed by atoms with Gasteiger partial charge in [0.15, 0.2) is 0 Å². The molecule has 0 saturated carbocycles. The smallest absolute Gasteiger partial charge is 0.123 e. The molecule has 0 radical (unpaired) electrons. The Hall–Kier alpha value is -1.32. The largest absolute Gasteiger partial charge is 0.490 e. The molecule has 2 nitrogen and oxygen atoms in total. The van der Waals surface area contributed by atoms with Crippen LogP contribution in [-0.4, -0.2) is 13.2 Å². The molecule has 3 rings (SSSR count). The Bertz CT molecular complexity index is 561. The van der Waals surface area contributed by atoms with Gasteiger partial charge in [0.2, 0.25) is 0 Å². The van der Waals surface area contributed by atoms with Gasteiger partial charge in [0.25, 0.3) is 0 Å². The highest BCUT2D eigenvalue weighted by Crippen LogP contribution is 2.35. The second-order valence-corrected chi connectivity index (χ2v) is 5.72. The Kier molecular flexibility index (Phi) is 3.10. The predicted octanol–water partition coefficient (Wildman–Crippen LogP) is 3.46. The topological polar surface area (TPSA) is 21.3 Å². The van der Waals surface area contributed by atoms with Crippen LogP contribution in [0.25, 0.3) is 10.4 Å². The van der Waals surface area contributed by atoms with Crippen LogP contribution in [0.3, 0.4) is 0 Å². The van der Waals surface area contributed by atoms with Gasteiger partial charge in [0.1, 0.15) is 11.9 Å². The molecule has 1 N–H and O–H groups in total. The van der Waals surface area contributed by atoms with Crippen molar-refractivity contribution in [2.75, 3.05) is 7.05 Å². The van der Waals surface area contributed by atoms with Crippen LogP contribution in [0, 0.1) is 0 Å². The molecule has 1 aliphatic rings. The van der Waals surface area contributed by atoms with Gasteiger partial charge in [-0.25, -0.2) is 0 Å². The Morgan fingerprint density at radius 2 is 2.28 bits per heavy atom. The van der Waals surface area contributed by atoms with E-state index in [0.717, 1.165) is 18.7 Å². The van der Waals surface area contributed by atoms with Crippen molar-refractivity contribution in [3.63, 3.8) is 0 Å². The van der Waals surface area contributed by atoms with E-state index in [1.165, 1.54) is 21.6 Å². The fourth-order valence-corrected chi connectivity index (χ4v) is 3.31. The fourth-order valence-electron chi connectivity index (χ4n) is 2.40. The number of thiophene rings is 1. The van der Waals surface area contributed by atoms with E-state index in [9.17, 15) is 0 Å². The van der Waals surface area contributed by atoms with Crippen molar-refractivity contribution in [2.45, 2.75) is 26.0 Å². The minimum absolute atomic E-state index is 0.318. The van der Waals surface area contributed by atoms with Gasteiger partial charge in [-0.2, -0.15) is 0 Å². The monoisotopic (exact) mass is 259 g/mol. The maximum atomic E-state index is 5.73. The Morgan fingerprint density at radius 3 is 3.11 bits per heavy atom. The van der Waals surface area contributed by atoms with Gasteiger partial charge in [-0.3, -0.25) is 0 Å². The van der Waals surface area contributed by atoms with Crippen molar-refractivity contribution in [3.8, 4) is 16.2 Å². The van der Waals surface area contributed by atoms with E-state index >= 15 is 0 Å². The number of rotatable bonds is 3. The Morgan fingerprint density at radius 1 is 1.39 bits per heavy atom. The lowest BCUT2D eigenvalue weighted by atomic mass is 10.1. The number of hydrogen-bond donors (Lipinski definition) is 1. The molecule has 0 spiro atoms. The molecule has 94 valence electrons. The summed E-state index contributed by atoms with van der Waals surface area (Å²) in [6.07, 6.45) is 1.34. The number of ether oxygens (including phenoxy) is 1. The van der Waals surface area contributed by atoms with Crippen LogP contribution in [0.1, 0.15) is 18.1 Å². The third kappa shape index (κ3) is 2.16. The first-order valence-corrected chi connectivity index (χ1v) is 7.16. The van der Waals surface area contributed by atoms with Gasteiger partial charge < -0.3 is 10.1 Å². The van der Waals surface area contributed by atoms with Crippen molar-refractivity contribution in [3.05, 3.63) is 40.8 Å². The van der Waals surface area contributed by atoms with Crippen LogP contribution in [0.2, 0.25) is 0 Å². The van der Waals surface area contributed by atoms with E-state index in [4.69, 9.17) is 4.74 Å². The highest BCUT2D eigenvalue weighted by molar-refractivity contribution is 7.13. The van der Waals surface area contributed by atoms with Crippen LogP contribution in [0.5, 0.6) is 5.75 Å². The quantitative estimate of drug-likeness (QED) is 0.911. The first-order chi connectivity index (χ1) is 8.76. The molecule has 1 aliphatic heterocycles. The number of benzene rings is 1. The summed E-state index contributed by atoms with van der Waals surface area (Å²) in [7, 11) is 1.98. The molecule has 0 saturated heterocycles. The molecular weight excluding hydrogens is 242 g/mol. The van der Waals surface area contributed by atoms with Crippen LogP contribution >= 0.6 is 11.3 Å². The average Bonchev–Trinajstić information content (AvgIpc) is 2.93. The van der Waals surface area contributed by atoms with Crippen LogP contribution < -0.4 is 10.1 Å². The summed E-state index contributed by atoms with van der Waals surface area (Å²) in [5, 5.41) is 5.40. The lowest BCUT2D eigenvalue weighted by Gasteiger charge is -2.03. The van der Waals surface area contributed by atoms with Crippen LogP contribution in [0.4, 0.5) is 0 Å². The van der Waals surface area contributed by atoms with Gasteiger partial charge in [-0.1, -0.05) is 0 Å². The molecule has 1 aromatic heterocycles. The molecule has 0 amide bonds. The standard InChI is InChI=1S/C15H17NOS/c1-10-5-13-7-12(3-4-14(13)17-10)15-6-11(8-16-2)9-18-15/h3-4,6-7,9-10,16H,5,8H2,1-2H3. The summed E-state index contributed by atoms with van der Waals surface area (Å²) < 4.78 is 5.73. The van der Waals surface area contributed by atoms with Gasteiger partial charge in [0, 0.05) is 17.8 Å². The number of hydrogen-bond acceptors (Lipinski definition) is 3. The van der Waals surface area contributed by atoms with Crippen LogP contribution in [0.15, 0.2) is 29.6 Å². The molecule has 1 atom stereocenters. The molecule has 1 aromatic carbocycles. The number of nitrogens with one attached hydrogen (secondary N) is 1. The lowest BCUT2D eigenvalue weighted by Crippen LogP contribution is -2.05. The van der Waals surface area contributed by atoms with E-state index in [1.807, 2.05) is 18.4 Å². The molecule has 3 heteroatoms. The van der Waals surface area contributed by atoms with E-state index in [-0.39, 0.29) is 0 Å². The minimum Gasteiger partial charge on any atom is -0.490 e. The number of fused-ring (bicyclic) bond motifs is 1. The zero-order valence-electron chi connectivity index (χ0n) is 10.7. The summed E-state index contributed by atoms with van der Waals surface area (Å²) >= 11 is 1.81. The van der Waals surface area contributed by atoms with Crippen molar-refractivity contribution in [2.24, 2.45) is 0 Å². The first kappa shape index (κ1) is 11.8. The average molecular weight is 259 g/mol. The summed E-state index contributed by atoms with van der Waals surface area (Å²) in [4.78, 5) is 1.34. The summed E-state index contributed by atoms with van der Waals surface area (Å²) in [5.74, 6) is 1.05. The van der Waals surface area contributed by atoms with Crippen molar-refractivity contribution in [1.29, 1.82) is 0 Å². The Labute approximate surface area is 112 Å². The van der Waals surface area contributed by atoms with Gasteiger partial charge >= 0.3 is 0 Å². The molecule has 1 unspecified atom stereocenters. The fraction of sp³-hybridized carbons (Fsp3) is 0.333. The molecule has 2 heterocycles. The first-order valence-electron chi connectivity index (χ1n) is 6.28. The van der Waals surface area contributed by atoms with Gasteiger partial charge in [0.05, 0.1) is 0 Å². The zero-order valence-corrected chi connectivity index (χ0v) is 11.5. The molecule has 0 bridgehead atoms. The molecular formula is C15H17NOS. The second-order valence-electron chi connectivity index (χ2n) is 4.80. The normalized spacial score (nSPS) is 17.6. The highest BCUT2D eigenvalue weighted by atomic mass is 32.1. The maximum absolute atomic E-state index is 5.73. The minimum atomic E-state index is 0.318. The van der Waals surface area contributed by atoms with Gasteiger partial charge in [-0.15, -0.1) is 11.3 Å². The lowest BCUT2D eigenvalue weighted by molar-refractivity contribution is 0.254. The molecule has 2 aromatic rings. The van der Waals surface area contributed by atoms with E-state index in [2.05, 4.69) is 41.9 Å². The van der Waals surface area contributed by atoms with Crippen LogP contribution in [-0.2, 0) is 13.0 Å². The van der Waals surface area contributed by atoms with Crippen molar-refractivity contribution >= 4 is 11.3 Å². The van der Waals surface area contributed by atoms with E-state index < -0.39 is 0 Å². The summed E-state index contributed by atoms with van der Waals surface area (Å²) in [6.45, 7) is 3.05. The zero-order chi connectivity index (χ0) is 12.5. The summed E-state index contributed by atoms with van der Waals surface area (Å²) in [5.41, 5.74) is 3.99. The van der Waals surface area contributed by atoms with E-state index in [1.54, 1.807) is 0 Å². The highest BCUT2D eigenvalue weighted by Gasteiger charge is 2.19. The molecule has 0 fully saturated rings. The second kappa shape index (κ2) is 4.75. The van der Waals surface area contributed by atoms with Crippen molar-refractivity contribution < 1.29 is 4.74 Å². The predicted molar refractivity (Wildman–Crippen MR) is 76.3 cm³/mol.